The number of benzene rings is 2. The Hall–Kier alpha value is -2.36. The number of unbranched alkanes of at least 4 members (excludes halogenated alkanes) is 4. The minimum Gasteiger partial charge on any atom is -0.506 e. The molecular formula is C24H33N3O. The van der Waals surface area contributed by atoms with E-state index in [1.54, 1.807) is 18.2 Å². The maximum Gasteiger partial charge on any atom is 0.143 e. The second-order valence-corrected chi connectivity index (χ2v) is 7.82. The van der Waals surface area contributed by atoms with E-state index in [2.05, 4.69) is 17.1 Å². The van der Waals surface area contributed by atoms with Gasteiger partial charge in [0.05, 0.1) is 0 Å². The summed E-state index contributed by atoms with van der Waals surface area (Å²) >= 11 is 0. The van der Waals surface area contributed by atoms with E-state index in [1.165, 1.54) is 69.0 Å². The molecule has 0 spiro atoms. The van der Waals surface area contributed by atoms with Crippen LogP contribution >= 0.6 is 0 Å². The van der Waals surface area contributed by atoms with Crippen LogP contribution in [0.4, 0.5) is 0 Å². The minimum atomic E-state index is 0.169. The molecule has 1 heterocycles. The van der Waals surface area contributed by atoms with Gasteiger partial charge in [-0.2, -0.15) is 0 Å². The summed E-state index contributed by atoms with van der Waals surface area (Å²) in [6.45, 7) is 2.29. The third-order valence-corrected chi connectivity index (χ3v) is 5.57. The van der Waals surface area contributed by atoms with Gasteiger partial charge in [0.1, 0.15) is 22.5 Å². The summed E-state index contributed by atoms with van der Waals surface area (Å²) in [5.74, 6) is 1.29. The number of aromatic nitrogens is 3. The summed E-state index contributed by atoms with van der Waals surface area (Å²) in [7, 11) is 0. The van der Waals surface area contributed by atoms with Gasteiger partial charge in [0.2, 0.25) is 0 Å². The lowest BCUT2D eigenvalue weighted by molar-refractivity contribution is 0.464. The third-order valence-electron chi connectivity index (χ3n) is 5.57. The second kappa shape index (κ2) is 10.8. The van der Waals surface area contributed by atoms with Crippen molar-refractivity contribution in [3.05, 3.63) is 48.5 Å². The molecule has 1 N–H and O–H groups in total. The molecule has 0 bridgehead atoms. The molecule has 0 amide bonds. The van der Waals surface area contributed by atoms with Crippen molar-refractivity contribution in [3.8, 4) is 11.4 Å². The molecule has 4 heteroatoms. The van der Waals surface area contributed by atoms with E-state index in [-0.39, 0.29) is 5.75 Å². The van der Waals surface area contributed by atoms with Crippen LogP contribution in [0.15, 0.2) is 48.5 Å². The number of phenols is 1. The molecule has 0 atom stereocenters. The average molecular weight is 380 g/mol. The largest absolute Gasteiger partial charge is 0.506 e. The second-order valence-electron chi connectivity index (χ2n) is 7.82. The molecule has 0 saturated heterocycles. The zero-order chi connectivity index (χ0) is 19.6. The van der Waals surface area contributed by atoms with Crippen LogP contribution in [0.5, 0.6) is 5.75 Å². The summed E-state index contributed by atoms with van der Waals surface area (Å²) < 4.78 is 0. The molecule has 4 nitrogen and oxygen atoms in total. The quantitative estimate of drug-likeness (QED) is 0.467. The highest BCUT2D eigenvalue weighted by molar-refractivity contribution is 5.73. The molecule has 28 heavy (non-hydrogen) atoms. The van der Waals surface area contributed by atoms with Gasteiger partial charge < -0.3 is 5.11 Å². The highest BCUT2D eigenvalue weighted by Crippen LogP contribution is 2.29. The van der Waals surface area contributed by atoms with Crippen molar-refractivity contribution in [1.29, 1.82) is 0 Å². The Morgan fingerprint density at radius 1 is 0.857 bits per heavy atom. The van der Waals surface area contributed by atoms with Gasteiger partial charge in [0.15, 0.2) is 0 Å². The Bertz CT molecular complexity index is 803. The van der Waals surface area contributed by atoms with Crippen molar-refractivity contribution in [1.82, 2.24) is 15.0 Å². The zero-order valence-corrected chi connectivity index (χ0v) is 17.1. The lowest BCUT2D eigenvalue weighted by Crippen LogP contribution is -1.98. The van der Waals surface area contributed by atoms with Crippen molar-refractivity contribution in [2.24, 2.45) is 5.92 Å². The van der Waals surface area contributed by atoms with E-state index in [4.69, 9.17) is 0 Å². The molecule has 0 radical (unpaired) electrons. The van der Waals surface area contributed by atoms with Crippen molar-refractivity contribution >= 4 is 11.0 Å². The molecule has 1 aliphatic carbocycles. The first-order valence-corrected chi connectivity index (χ1v) is 10.9. The third kappa shape index (κ3) is 5.82. The van der Waals surface area contributed by atoms with Crippen LogP contribution in [0.2, 0.25) is 0 Å². The standard InChI is InChI=1S/C12H9N3O.C12H24/c16-12-8-4-3-7-11(12)15-13-9-5-1-2-6-10(9)14-15;1-2-3-4-5-6-9-12-10-7-8-11-12/h1-8,16H;12H,2-11H2,1H3. The lowest BCUT2D eigenvalue weighted by Gasteiger charge is -2.07. The SMILES string of the molecule is CCCCCCCC1CCCC1.Oc1ccccc1-n1nc2ccccc2n1. The van der Waals surface area contributed by atoms with E-state index in [9.17, 15) is 5.11 Å². The highest BCUT2D eigenvalue weighted by Gasteiger charge is 2.13. The Labute approximate surface area is 168 Å². The number of para-hydroxylation sites is 2. The Balaban J connectivity index is 0.000000169. The number of phenolic OH excluding ortho intramolecular Hbond substituents is 1. The number of rotatable bonds is 7. The van der Waals surface area contributed by atoms with Crippen molar-refractivity contribution < 1.29 is 5.11 Å². The predicted octanol–water partition coefficient (Wildman–Crippen LogP) is 6.66. The molecule has 0 unspecified atom stereocenters. The van der Waals surface area contributed by atoms with Crippen LogP contribution in [0.25, 0.3) is 16.7 Å². The Morgan fingerprint density at radius 2 is 1.46 bits per heavy atom. The van der Waals surface area contributed by atoms with Gasteiger partial charge in [0, 0.05) is 0 Å². The molecular weight excluding hydrogens is 346 g/mol. The van der Waals surface area contributed by atoms with E-state index < -0.39 is 0 Å². The maximum atomic E-state index is 9.69. The van der Waals surface area contributed by atoms with Gasteiger partial charge in [-0.05, 0) is 30.2 Å². The van der Waals surface area contributed by atoms with E-state index in [0.29, 0.717) is 5.69 Å². The highest BCUT2D eigenvalue weighted by atomic mass is 16.3. The van der Waals surface area contributed by atoms with Gasteiger partial charge in [-0.15, -0.1) is 15.0 Å². The topological polar surface area (TPSA) is 50.9 Å². The van der Waals surface area contributed by atoms with E-state index in [1.807, 2.05) is 30.3 Å². The molecule has 150 valence electrons. The van der Waals surface area contributed by atoms with Crippen LogP contribution < -0.4 is 0 Å². The van der Waals surface area contributed by atoms with Gasteiger partial charge in [-0.3, -0.25) is 0 Å². The number of nitrogens with zero attached hydrogens (tertiary/aromatic N) is 3. The van der Waals surface area contributed by atoms with E-state index >= 15 is 0 Å². The fraction of sp³-hybridized carbons (Fsp3) is 0.500. The predicted molar refractivity (Wildman–Crippen MR) is 116 cm³/mol. The molecule has 3 aromatic rings. The van der Waals surface area contributed by atoms with Crippen LogP contribution in [0.3, 0.4) is 0 Å². The average Bonchev–Trinajstić information content (AvgIpc) is 3.38. The summed E-state index contributed by atoms with van der Waals surface area (Å²) in [6, 6.07) is 14.6. The van der Waals surface area contributed by atoms with Gasteiger partial charge >= 0.3 is 0 Å². The molecule has 1 aliphatic rings. The molecule has 1 fully saturated rings. The Morgan fingerprint density at radius 3 is 2.11 bits per heavy atom. The summed E-state index contributed by atoms with van der Waals surface area (Å²) in [5.41, 5.74) is 2.20. The van der Waals surface area contributed by atoms with Crippen LogP contribution in [-0.4, -0.2) is 20.1 Å². The molecule has 2 aromatic carbocycles. The molecule has 1 saturated carbocycles. The van der Waals surface area contributed by atoms with Gasteiger partial charge in [-0.25, -0.2) is 0 Å². The normalized spacial score (nSPS) is 14.2. The van der Waals surface area contributed by atoms with Crippen LogP contribution in [-0.2, 0) is 0 Å². The monoisotopic (exact) mass is 379 g/mol. The van der Waals surface area contributed by atoms with E-state index in [0.717, 1.165) is 17.0 Å². The smallest absolute Gasteiger partial charge is 0.143 e. The van der Waals surface area contributed by atoms with Gasteiger partial charge in [-0.1, -0.05) is 95.4 Å². The summed E-state index contributed by atoms with van der Waals surface area (Å²) in [4.78, 5) is 1.44. The number of aromatic hydroxyl groups is 1. The minimum absolute atomic E-state index is 0.169. The zero-order valence-electron chi connectivity index (χ0n) is 17.1. The summed E-state index contributed by atoms with van der Waals surface area (Å²) in [5, 5.41) is 18.3. The fourth-order valence-electron chi connectivity index (χ4n) is 3.94. The number of hydrogen-bond donors (Lipinski definition) is 1. The number of fused-ring (bicyclic) bond motifs is 1. The first-order valence-electron chi connectivity index (χ1n) is 10.9. The summed E-state index contributed by atoms with van der Waals surface area (Å²) in [6.07, 6.45) is 14.9. The molecule has 1 aromatic heterocycles. The van der Waals surface area contributed by atoms with Gasteiger partial charge in [0.25, 0.3) is 0 Å². The number of hydrogen-bond acceptors (Lipinski definition) is 3. The van der Waals surface area contributed by atoms with Crippen molar-refractivity contribution in [2.75, 3.05) is 0 Å². The Kier molecular flexibility index (Phi) is 7.89. The van der Waals surface area contributed by atoms with Crippen molar-refractivity contribution in [2.45, 2.75) is 71.1 Å². The first-order chi connectivity index (χ1) is 13.8. The molecule has 0 aliphatic heterocycles. The molecule has 4 rings (SSSR count). The maximum absolute atomic E-state index is 9.69. The lowest BCUT2D eigenvalue weighted by atomic mass is 9.99. The van der Waals surface area contributed by atoms with Crippen molar-refractivity contribution in [3.63, 3.8) is 0 Å². The first kappa shape index (κ1) is 20.4. The van der Waals surface area contributed by atoms with Crippen LogP contribution in [0, 0.1) is 5.92 Å². The van der Waals surface area contributed by atoms with Crippen LogP contribution in [0.1, 0.15) is 71.1 Å². The fourth-order valence-corrected chi connectivity index (χ4v) is 3.94.